The van der Waals surface area contributed by atoms with E-state index in [1.165, 1.54) is 11.0 Å². The Morgan fingerprint density at radius 2 is 1.64 bits per heavy atom. The van der Waals surface area contributed by atoms with E-state index >= 15 is 0 Å². The van der Waals surface area contributed by atoms with Gasteiger partial charge in [-0.3, -0.25) is 24.0 Å². The molecule has 2 aliphatic heterocycles. The van der Waals surface area contributed by atoms with Crippen molar-refractivity contribution in [2.75, 3.05) is 26.2 Å². The minimum absolute atomic E-state index is 0.0829. The zero-order valence-electron chi connectivity index (χ0n) is 31.0. The van der Waals surface area contributed by atoms with Crippen LogP contribution in [-0.2, 0) is 24.0 Å². The molecule has 1 unspecified atom stereocenters. The molecule has 12 heteroatoms. The van der Waals surface area contributed by atoms with Gasteiger partial charge < -0.3 is 31.1 Å². The molecule has 6 amide bonds. The summed E-state index contributed by atoms with van der Waals surface area (Å²) < 4.78 is 0. The van der Waals surface area contributed by atoms with Crippen molar-refractivity contribution in [3.63, 3.8) is 0 Å². The zero-order valence-corrected chi connectivity index (χ0v) is 31.0. The van der Waals surface area contributed by atoms with Crippen molar-refractivity contribution in [3.8, 4) is 12.3 Å². The first-order valence-electron chi connectivity index (χ1n) is 18.7. The van der Waals surface area contributed by atoms with Gasteiger partial charge >= 0.3 is 6.03 Å². The molecule has 2 heterocycles. The molecule has 0 aromatic heterocycles. The molecule has 0 aromatic carbocycles. The maximum atomic E-state index is 14.1. The number of nitrogens with one attached hydrogen (secondary N) is 4. The number of ketones is 1. The Bertz CT molecular complexity index is 1210. The maximum Gasteiger partial charge on any atom is 0.315 e. The number of hydrogen-bond donors (Lipinski definition) is 4. The van der Waals surface area contributed by atoms with Crippen LogP contribution >= 0.6 is 0 Å². The fraction of sp³-hybridized carbons (Fsp3) is 0.737. The quantitative estimate of drug-likeness (QED) is 0.0615. The number of unbranched alkanes of at least 4 members (excludes halogenated alkanes) is 6. The monoisotopic (exact) mass is 698 g/mol. The van der Waals surface area contributed by atoms with Crippen LogP contribution < -0.4 is 21.3 Å². The van der Waals surface area contributed by atoms with E-state index in [-0.39, 0.29) is 36.2 Å². The maximum absolute atomic E-state index is 14.1. The van der Waals surface area contributed by atoms with Gasteiger partial charge in [-0.25, -0.2) is 4.79 Å². The molecule has 0 aliphatic carbocycles. The lowest BCUT2D eigenvalue weighted by atomic mass is 9.86. The molecule has 280 valence electrons. The second-order valence-electron chi connectivity index (χ2n) is 14.7. The lowest BCUT2D eigenvalue weighted by Gasteiger charge is -2.37. The Morgan fingerprint density at radius 1 is 0.940 bits per heavy atom. The standard InChI is InChI=1S/C38H62N6O6/c1-7-10-12-13-14-16-21-29(41-37(50)42-31(38(4,5)6)27-43-25-18-17-23-32(43)45)36(49)44-26-19-22-30(44)34(47)40-28(20-15-11-8-2)33(46)35(48)39-24-9-3/h2,9,28-31H,3,7,10-27H2,1,4-6H3,(H,39,48)(H,40,47)(H2,41,42,50)/t28?,29-,30-,31+/m0/s1. The second-order valence-corrected chi connectivity index (χ2v) is 14.7. The number of hydrogen-bond acceptors (Lipinski definition) is 6. The molecule has 0 aromatic rings. The SMILES string of the molecule is C#CCCCC(NC(=O)[C@@H]1CCCN1C(=O)[C@H](CCCCCCCC)NC(=O)N[C@H](CN1CCCCC1=O)C(C)(C)C)C(=O)C(=O)NCC=C. The number of carbonyl (C=O) groups is 6. The van der Waals surface area contributed by atoms with Gasteiger partial charge in [0.25, 0.3) is 5.91 Å². The first-order valence-corrected chi connectivity index (χ1v) is 18.7. The molecule has 12 nitrogen and oxygen atoms in total. The Kier molecular flexibility index (Phi) is 18.6. The fourth-order valence-electron chi connectivity index (χ4n) is 6.41. The number of likely N-dealkylation sites (tertiary alicyclic amines) is 2. The first-order chi connectivity index (χ1) is 23.8. The molecular weight excluding hydrogens is 636 g/mol. The number of terminal acetylenes is 1. The van der Waals surface area contributed by atoms with Crippen LogP contribution in [0.1, 0.15) is 124 Å². The minimum atomic E-state index is -1.10. The van der Waals surface area contributed by atoms with E-state index in [0.717, 1.165) is 51.4 Å². The van der Waals surface area contributed by atoms with E-state index < -0.39 is 41.8 Å². The Labute approximate surface area is 299 Å². The summed E-state index contributed by atoms with van der Waals surface area (Å²) in [6.45, 7) is 13.2. The number of nitrogens with zero attached hydrogens (tertiary/aromatic N) is 2. The van der Waals surface area contributed by atoms with Crippen LogP contribution in [0, 0.1) is 17.8 Å². The van der Waals surface area contributed by atoms with Gasteiger partial charge in [-0.15, -0.1) is 18.9 Å². The second kappa shape index (κ2) is 22.0. The topological polar surface area (TPSA) is 157 Å². The lowest BCUT2D eigenvalue weighted by molar-refractivity contribution is -0.142. The van der Waals surface area contributed by atoms with Crippen molar-refractivity contribution in [1.82, 2.24) is 31.1 Å². The largest absolute Gasteiger partial charge is 0.346 e. The Morgan fingerprint density at radius 3 is 2.30 bits per heavy atom. The van der Waals surface area contributed by atoms with Crippen molar-refractivity contribution >= 4 is 35.4 Å². The molecule has 0 spiro atoms. The van der Waals surface area contributed by atoms with Crippen LogP contribution in [0.2, 0.25) is 0 Å². The van der Waals surface area contributed by atoms with Gasteiger partial charge in [-0.1, -0.05) is 72.3 Å². The zero-order chi connectivity index (χ0) is 37.1. The molecule has 2 fully saturated rings. The Balaban J connectivity index is 2.21. The number of amides is 6. The van der Waals surface area contributed by atoms with Gasteiger partial charge in [0.15, 0.2) is 0 Å². The predicted octanol–water partition coefficient (Wildman–Crippen LogP) is 3.98. The fourth-order valence-corrected chi connectivity index (χ4v) is 6.41. The van der Waals surface area contributed by atoms with Crippen LogP contribution in [0.5, 0.6) is 0 Å². The molecule has 4 atom stereocenters. The van der Waals surface area contributed by atoms with E-state index in [1.54, 1.807) is 4.90 Å². The van der Waals surface area contributed by atoms with Gasteiger partial charge in [0.05, 0.1) is 12.1 Å². The van der Waals surface area contributed by atoms with Crippen LogP contribution in [-0.4, -0.2) is 95.6 Å². The average Bonchev–Trinajstić information content (AvgIpc) is 3.57. The van der Waals surface area contributed by atoms with Crippen molar-refractivity contribution in [2.45, 2.75) is 148 Å². The highest BCUT2D eigenvalue weighted by molar-refractivity contribution is 6.38. The molecule has 2 rings (SSSR count). The third-order valence-electron chi connectivity index (χ3n) is 9.54. The van der Waals surface area contributed by atoms with E-state index in [4.69, 9.17) is 6.42 Å². The summed E-state index contributed by atoms with van der Waals surface area (Å²) >= 11 is 0. The number of urea groups is 1. The minimum Gasteiger partial charge on any atom is -0.346 e. The lowest BCUT2D eigenvalue weighted by Crippen LogP contribution is -2.59. The van der Waals surface area contributed by atoms with Crippen molar-refractivity contribution in [1.29, 1.82) is 0 Å². The highest BCUT2D eigenvalue weighted by atomic mass is 16.2. The van der Waals surface area contributed by atoms with Gasteiger partial charge in [0.1, 0.15) is 12.1 Å². The van der Waals surface area contributed by atoms with Crippen molar-refractivity contribution < 1.29 is 28.8 Å². The molecule has 0 radical (unpaired) electrons. The van der Waals surface area contributed by atoms with E-state index in [2.05, 4.69) is 40.7 Å². The van der Waals surface area contributed by atoms with Crippen LogP contribution in [0.3, 0.4) is 0 Å². The van der Waals surface area contributed by atoms with Crippen LogP contribution in [0.25, 0.3) is 0 Å². The highest BCUT2D eigenvalue weighted by Gasteiger charge is 2.40. The summed E-state index contributed by atoms with van der Waals surface area (Å²) in [4.78, 5) is 82.7. The molecule has 2 aliphatic rings. The number of Topliss-reactive ketones (excluding diaryl/α,β-unsaturated/α-hetero) is 1. The molecule has 2 saturated heterocycles. The summed E-state index contributed by atoms with van der Waals surface area (Å²) in [5.74, 6) is 0.0982. The van der Waals surface area contributed by atoms with Crippen molar-refractivity contribution in [2.24, 2.45) is 5.41 Å². The highest BCUT2D eigenvalue weighted by Crippen LogP contribution is 2.24. The van der Waals surface area contributed by atoms with Gasteiger partial charge in [0.2, 0.25) is 23.5 Å². The summed E-state index contributed by atoms with van der Waals surface area (Å²) in [5, 5.41) is 11.2. The first kappa shape index (κ1) is 42.3. The van der Waals surface area contributed by atoms with E-state index in [1.807, 2.05) is 20.8 Å². The van der Waals surface area contributed by atoms with E-state index in [0.29, 0.717) is 58.2 Å². The summed E-state index contributed by atoms with van der Waals surface area (Å²) in [6, 6.07) is -3.67. The summed E-state index contributed by atoms with van der Waals surface area (Å²) in [6.07, 6.45) is 17.5. The van der Waals surface area contributed by atoms with Gasteiger partial charge in [0, 0.05) is 39.0 Å². The van der Waals surface area contributed by atoms with E-state index in [9.17, 15) is 28.8 Å². The smallest absolute Gasteiger partial charge is 0.315 e. The predicted molar refractivity (Wildman–Crippen MR) is 195 cm³/mol. The average molecular weight is 699 g/mol. The van der Waals surface area contributed by atoms with Crippen molar-refractivity contribution in [3.05, 3.63) is 12.7 Å². The number of carbonyl (C=O) groups excluding carboxylic acids is 6. The number of rotatable bonds is 21. The Hall–Kier alpha value is -3.88. The molecule has 0 saturated carbocycles. The molecule has 0 bridgehead atoms. The van der Waals surface area contributed by atoms with Gasteiger partial charge in [-0.2, -0.15) is 0 Å². The van der Waals surface area contributed by atoms with Crippen LogP contribution in [0.4, 0.5) is 4.79 Å². The van der Waals surface area contributed by atoms with Crippen LogP contribution in [0.15, 0.2) is 12.7 Å². The molecule has 4 N–H and O–H groups in total. The molecule has 50 heavy (non-hydrogen) atoms. The normalized spacial score (nSPS) is 18.0. The summed E-state index contributed by atoms with van der Waals surface area (Å²) in [5.41, 5.74) is -0.358. The molecular formula is C38H62N6O6. The third kappa shape index (κ3) is 14.2. The number of piperidine rings is 1. The summed E-state index contributed by atoms with van der Waals surface area (Å²) in [7, 11) is 0. The van der Waals surface area contributed by atoms with Gasteiger partial charge in [-0.05, 0) is 50.4 Å². The third-order valence-corrected chi connectivity index (χ3v) is 9.54.